The molecule has 2 aromatic carbocycles. The van der Waals surface area contributed by atoms with Gasteiger partial charge in [-0.2, -0.15) is 0 Å². The summed E-state index contributed by atoms with van der Waals surface area (Å²) in [6.45, 7) is 2.46. The number of ether oxygens (including phenoxy) is 1. The van der Waals surface area contributed by atoms with Crippen LogP contribution in [0.3, 0.4) is 0 Å². The molecule has 3 heterocycles. The van der Waals surface area contributed by atoms with Crippen LogP contribution in [0.25, 0.3) is 10.1 Å². The lowest BCUT2D eigenvalue weighted by atomic mass is 9.91. The monoisotopic (exact) mass is 802 g/mol. The number of hydrogen-bond acceptors (Lipinski definition) is 10. The van der Waals surface area contributed by atoms with Crippen molar-refractivity contribution in [3.63, 3.8) is 0 Å². The minimum Gasteiger partial charge on any atom is -0.372 e. The molecule has 0 radical (unpaired) electrons. The maximum atomic E-state index is 14.3. The van der Waals surface area contributed by atoms with Crippen LogP contribution >= 0.6 is 22.9 Å². The highest BCUT2D eigenvalue weighted by atomic mass is 35.5. The minimum atomic E-state index is -3.79. The Hall–Kier alpha value is -3.44. The van der Waals surface area contributed by atoms with Gasteiger partial charge in [0.1, 0.15) is 12.1 Å². The van der Waals surface area contributed by atoms with E-state index in [1.165, 1.54) is 16.2 Å². The first-order valence-electron chi connectivity index (χ1n) is 18.5. The summed E-state index contributed by atoms with van der Waals surface area (Å²) in [5.74, 6) is -2.46. The normalized spacial score (nSPS) is 19.1. The molecule has 2 aliphatic heterocycles. The number of nitrogens with zero attached hydrogens (tertiary/aromatic N) is 1. The number of nitrogens with one attached hydrogen (secondary N) is 4. The van der Waals surface area contributed by atoms with Crippen molar-refractivity contribution in [3.8, 4) is 0 Å². The van der Waals surface area contributed by atoms with E-state index in [0.717, 1.165) is 52.7 Å². The zero-order valence-electron chi connectivity index (χ0n) is 30.6. The maximum Gasteiger partial charge on any atom is 0.289 e. The van der Waals surface area contributed by atoms with Crippen LogP contribution in [0.4, 0.5) is 0 Å². The molecule has 1 aromatic heterocycles. The van der Waals surface area contributed by atoms with Gasteiger partial charge in [-0.1, -0.05) is 41.9 Å². The van der Waals surface area contributed by atoms with Gasteiger partial charge in [0.05, 0.1) is 31.6 Å². The second-order valence-corrected chi connectivity index (χ2v) is 17.5. The van der Waals surface area contributed by atoms with Crippen LogP contribution in [0.5, 0.6) is 0 Å². The van der Waals surface area contributed by atoms with Gasteiger partial charge in [0.15, 0.2) is 0 Å². The third kappa shape index (κ3) is 12.3. The number of ketones is 1. The topological polar surface area (TPSA) is 189 Å². The van der Waals surface area contributed by atoms with Gasteiger partial charge < -0.3 is 31.3 Å². The van der Waals surface area contributed by atoms with Crippen LogP contribution in [0.15, 0.2) is 54.6 Å². The third-order valence-corrected chi connectivity index (χ3v) is 12.0. The molecule has 0 unspecified atom stereocenters. The first kappa shape index (κ1) is 41.7. The molecule has 16 heteroatoms. The highest BCUT2D eigenvalue weighted by molar-refractivity contribution is 7.88. The Morgan fingerprint density at radius 1 is 1.04 bits per heavy atom. The van der Waals surface area contributed by atoms with Gasteiger partial charge in [-0.3, -0.25) is 19.2 Å². The quantitative estimate of drug-likeness (QED) is 0.0896. The molecule has 5 rings (SSSR count). The predicted octanol–water partition coefficient (Wildman–Crippen LogP) is 3.24. The van der Waals surface area contributed by atoms with Crippen molar-refractivity contribution in [1.82, 2.24) is 25.6 Å². The number of carbonyl (C=O) groups excluding carboxylic acids is 4. The van der Waals surface area contributed by atoms with Gasteiger partial charge in [0.2, 0.25) is 27.6 Å². The molecule has 0 aliphatic carbocycles. The number of unbranched alkanes of at least 4 members (excludes halogenated alkanes) is 1. The minimum absolute atomic E-state index is 0.0290. The number of amides is 3. The van der Waals surface area contributed by atoms with E-state index in [-0.39, 0.29) is 39.0 Å². The second-order valence-electron chi connectivity index (χ2n) is 14.2. The Balaban J connectivity index is 1.32. The van der Waals surface area contributed by atoms with Crippen molar-refractivity contribution >= 4 is 66.6 Å². The van der Waals surface area contributed by atoms with E-state index < -0.39 is 57.8 Å². The average molecular weight is 803 g/mol. The fraction of sp³-hybridized carbons (Fsp3) is 0.526. The lowest BCUT2D eigenvalue weighted by Gasteiger charge is -2.30. The molecule has 294 valence electrons. The summed E-state index contributed by atoms with van der Waals surface area (Å²) in [5.41, 5.74) is 6.56. The van der Waals surface area contributed by atoms with E-state index in [1.807, 2.05) is 42.5 Å². The van der Waals surface area contributed by atoms with Gasteiger partial charge >= 0.3 is 0 Å². The molecule has 4 atom stereocenters. The second kappa shape index (κ2) is 19.9. The number of benzene rings is 2. The number of Topliss-reactive ketones (excluding diaryl/α,β-unsaturated/α-hetero) is 1. The highest BCUT2D eigenvalue weighted by Crippen LogP contribution is 2.27. The van der Waals surface area contributed by atoms with Crippen LogP contribution in [0.2, 0.25) is 5.02 Å². The number of likely N-dealkylation sites (tertiary alicyclic amines) is 1. The van der Waals surface area contributed by atoms with E-state index in [0.29, 0.717) is 36.7 Å². The van der Waals surface area contributed by atoms with Crippen molar-refractivity contribution in [2.75, 3.05) is 32.4 Å². The van der Waals surface area contributed by atoms with Crippen molar-refractivity contribution in [2.45, 2.75) is 88.7 Å². The van der Waals surface area contributed by atoms with Gasteiger partial charge in [-0.05, 0) is 106 Å². The van der Waals surface area contributed by atoms with E-state index in [9.17, 15) is 27.6 Å². The molecular formula is C38H51ClN6O7S2. The van der Waals surface area contributed by atoms with Crippen molar-refractivity contribution in [3.05, 3.63) is 70.1 Å². The Labute approximate surface area is 326 Å². The third-order valence-electron chi connectivity index (χ3n) is 9.93. The van der Waals surface area contributed by atoms with Gasteiger partial charge in [0, 0.05) is 27.6 Å². The number of piperidine rings is 1. The van der Waals surface area contributed by atoms with Gasteiger partial charge in [-0.15, -0.1) is 11.3 Å². The molecule has 13 nitrogen and oxygen atoms in total. The number of halogens is 1. The van der Waals surface area contributed by atoms with Crippen molar-refractivity contribution in [2.24, 2.45) is 11.7 Å². The smallest absolute Gasteiger partial charge is 0.289 e. The first-order valence-corrected chi connectivity index (χ1v) is 21.6. The summed E-state index contributed by atoms with van der Waals surface area (Å²) >= 11 is 7.56. The van der Waals surface area contributed by atoms with E-state index in [4.69, 9.17) is 22.1 Å². The molecule has 0 spiro atoms. The summed E-state index contributed by atoms with van der Waals surface area (Å²) in [5, 5.41) is 10.4. The fourth-order valence-corrected chi connectivity index (χ4v) is 8.90. The molecular weight excluding hydrogens is 752 g/mol. The summed E-state index contributed by atoms with van der Waals surface area (Å²) in [6.07, 6.45) is 4.51. The Morgan fingerprint density at radius 2 is 1.78 bits per heavy atom. The molecule has 2 saturated heterocycles. The molecule has 3 aromatic rings. The lowest BCUT2D eigenvalue weighted by molar-refractivity contribution is -0.143. The number of thiophene rings is 1. The zero-order chi connectivity index (χ0) is 38.7. The Morgan fingerprint density at radius 3 is 2.48 bits per heavy atom. The van der Waals surface area contributed by atoms with E-state index in [2.05, 4.69) is 20.7 Å². The summed E-state index contributed by atoms with van der Waals surface area (Å²) in [6, 6.07) is 13.6. The number of fused-ring (bicyclic) bond motifs is 1. The number of carbonyl (C=O) groups is 4. The van der Waals surface area contributed by atoms with E-state index in [1.54, 1.807) is 12.1 Å². The summed E-state index contributed by atoms with van der Waals surface area (Å²) in [7, 11) is -3.79. The molecule has 3 amide bonds. The van der Waals surface area contributed by atoms with Gasteiger partial charge in [0.25, 0.3) is 5.91 Å². The largest absolute Gasteiger partial charge is 0.372 e. The number of rotatable bonds is 19. The highest BCUT2D eigenvalue weighted by Gasteiger charge is 2.44. The zero-order valence-corrected chi connectivity index (χ0v) is 32.9. The lowest BCUT2D eigenvalue weighted by Crippen LogP contribution is -2.56. The van der Waals surface area contributed by atoms with Crippen LogP contribution in [-0.4, -0.2) is 93.5 Å². The summed E-state index contributed by atoms with van der Waals surface area (Å²) < 4.78 is 34.7. The fourth-order valence-electron chi connectivity index (χ4n) is 7.04. The van der Waals surface area contributed by atoms with Crippen molar-refractivity contribution in [1.29, 1.82) is 0 Å². The Bertz CT molecular complexity index is 1820. The molecule has 2 aliphatic rings. The first-order chi connectivity index (χ1) is 25.9. The number of sulfonamides is 1. The van der Waals surface area contributed by atoms with Crippen LogP contribution < -0.4 is 26.4 Å². The van der Waals surface area contributed by atoms with Gasteiger partial charge in [-0.25, -0.2) is 13.1 Å². The van der Waals surface area contributed by atoms with Crippen LogP contribution in [-0.2, 0) is 47.1 Å². The van der Waals surface area contributed by atoms with Crippen molar-refractivity contribution < 1.29 is 32.3 Å². The number of nitrogens with two attached hydrogens (primary N) is 1. The Kier molecular flexibility index (Phi) is 15.4. The molecule has 0 bridgehead atoms. The standard InChI is InChI=1S/C38H51ClN6O7S2/c1-54(50,51)44-32(14-11-25-15-18-41-19-16-25)38(49)45-23-29(52-24-26-9-12-28(39)13-10-26)21-33(45)36(47)43-31(7-4-5-17-40)35(46)37(48)42-22-30-20-27-6-2-3-8-34(27)53-30/h2-3,6,8-10,12-13,20,25,29,31-33,41,44H,4-5,7,11,14-19,21-24,40H2,1H3,(H,42,48)(H,43,47)/t29-,31+,32-,33+/m1/s1. The molecule has 0 saturated carbocycles. The van der Waals surface area contributed by atoms with E-state index >= 15 is 0 Å². The van der Waals surface area contributed by atoms with Crippen LogP contribution in [0, 0.1) is 5.92 Å². The molecule has 6 N–H and O–H groups in total. The maximum absolute atomic E-state index is 14.3. The predicted molar refractivity (Wildman–Crippen MR) is 210 cm³/mol. The average Bonchev–Trinajstić information content (AvgIpc) is 3.79. The summed E-state index contributed by atoms with van der Waals surface area (Å²) in [4.78, 5) is 57.5. The molecule has 2 fully saturated rings. The number of hydrogen-bond donors (Lipinski definition) is 5. The molecule has 54 heavy (non-hydrogen) atoms. The van der Waals surface area contributed by atoms with Crippen LogP contribution in [0.1, 0.15) is 61.8 Å². The SMILES string of the molecule is CS(=O)(=O)N[C@H](CCC1CCNCC1)C(=O)N1C[C@H](OCc2ccc(Cl)cc2)C[C@H]1C(=O)N[C@@H](CCCCN)C(=O)C(=O)NCc1cc2ccccc2s1.